The van der Waals surface area contributed by atoms with E-state index in [9.17, 15) is 19.5 Å². The van der Waals surface area contributed by atoms with Crippen LogP contribution in [0.2, 0.25) is 0 Å². The van der Waals surface area contributed by atoms with Gasteiger partial charge in [0.15, 0.2) is 0 Å². The number of alkyl carbamates (subject to hydrolysis) is 1. The molecule has 7 heteroatoms. The molecule has 1 fully saturated rings. The van der Waals surface area contributed by atoms with Gasteiger partial charge in [-0.05, 0) is 60.3 Å². The Morgan fingerprint density at radius 3 is 2.09 bits per heavy atom. The van der Waals surface area contributed by atoms with Gasteiger partial charge in [0.1, 0.15) is 18.2 Å². The highest BCUT2D eigenvalue weighted by molar-refractivity contribution is 5.93. The van der Waals surface area contributed by atoms with Crippen molar-refractivity contribution in [3.05, 3.63) is 59.7 Å². The van der Waals surface area contributed by atoms with E-state index in [1.807, 2.05) is 50.2 Å². The quantitative estimate of drug-likeness (QED) is 0.513. The minimum Gasteiger partial charge on any atom is -0.480 e. The summed E-state index contributed by atoms with van der Waals surface area (Å²) in [6.07, 6.45) is 1.21. The first kappa shape index (κ1) is 23.8. The number of fused-ring (bicyclic) bond motifs is 3. The van der Waals surface area contributed by atoms with Crippen LogP contribution in [0.15, 0.2) is 48.5 Å². The van der Waals surface area contributed by atoms with Gasteiger partial charge in [0.25, 0.3) is 0 Å². The fraction of sp³-hybridized carbons (Fsp3) is 0.444. The largest absolute Gasteiger partial charge is 0.480 e. The number of ether oxygens (including phenoxy) is 1. The van der Waals surface area contributed by atoms with Crippen molar-refractivity contribution >= 4 is 18.0 Å². The molecular weight excluding hydrogens is 432 g/mol. The van der Waals surface area contributed by atoms with E-state index in [0.29, 0.717) is 6.42 Å². The zero-order valence-electron chi connectivity index (χ0n) is 19.8. The van der Waals surface area contributed by atoms with Crippen molar-refractivity contribution in [1.29, 1.82) is 0 Å². The lowest BCUT2D eigenvalue weighted by Crippen LogP contribution is -2.61. The van der Waals surface area contributed by atoms with E-state index in [1.165, 1.54) is 0 Å². The third-order valence-corrected chi connectivity index (χ3v) is 6.88. The molecule has 2 aromatic carbocycles. The van der Waals surface area contributed by atoms with Crippen molar-refractivity contribution in [3.8, 4) is 11.1 Å². The van der Waals surface area contributed by atoms with Crippen molar-refractivity contribution in [1.82, 2.24) is 10.6 Å². The topological polar surface area (TPSA) is 105 Å². The van der Waals surface area contributed by atoms with Crippen molar-refractivity contribution < 1.29 is 24.2 Å². The molecule has 0 saturated heterocycles. The minimum absolute atomic E-state index is 0.0542. The Labute approximate surface area is 199 Å². The number of nitrogens with one attached hydrogen (secondary N) is 2. The number of amides is 2. The summed E-state index contributed by atoms with van der Waals surface area (Å²) in [6, 6.07) is 15.2. The van der Waals surface area contributed by atoms with Gasteiger partial charge in [0.2, 0.25) is 5.91 Å². The molecule has 0 bridgehead atoms. The lowest BCUT2D eigenvalue weighted by molar-refractivity contribution is -0.143. The molecule has 7 nitrogen and oxygen atoms in total. The standard InChI is InChI=1S/C27H32N2O5/c1-16(2)14-23(24(30)31)28-25(32)27(3,17-12-13-17)29-26(33)34-15-22-20-10-6-4-8-18(20)19-9-5-7-11-21(19)22/h4-11,16-17,22-23H,12-15H2,1-3H3,(H,28,32)(H,29,33)(H,30,31)/t23-,27?/m0/s1. The minimum atomic E-state index is -1.23. The second-order valence-corrected chi connectivity index (χ2v) is 9.92. The van der Waals surface area contributed by atoms with E-state index in [4.69, 9.17) is 4.74 Å². The molecule has 1 saturated carbocycles. The van der Waals surface area contributed by atoms with Crippen LogP contribution in [0.3, 0.4) is 0 Å². The Morgan fingerprint density at radius 2 is 1.59 bits per heavy atom. The molecule has 0 heterocycles. The number of carboxylic acid groups (broad SMARTS) is 1. The summed E-state index contributed by atoms with van der Waals surface area (Å²) >= 11 is 0. The number of aliphatic carboxylic acids is 1. The van der Waals surface area contributed by atoms with Gasteiger partial charge in [-0.15, -0.1) is 0 Å². The van der Waals surface area contributed by atoms with E-state index < -0.39 is 29.6 Å². The van der Waals surface area contributed by atoms with Gasteiger partial charge in [-0.2, -0.15) is 0 Å². The van der Waals surface area contributed by atoms with E-state index in [2.05, 4.69) is 22.8 Å². The number of carbonyl (C=O) groups excluding carboxylic acids is 2. The molecule has 2 amide bonds. The number of hydrogen-bond donors (Lipinski definition) is 3. The Balaban J connectivity index is 1.44. The van der Waals surface area contributed by atoms with Crippen LogP contribution < -0.4 is 10.6 Å². The molecule has 4 rings (SSSR count). The maximum atomic E-state index is 13.1. The van der Waals surface area contributed by atoms with Crippen LogP contribution in [0.4, 0.5) is 4.79 Å². The molecule has 1 unspecified atom stereocenters. The van der Waals surface area contributed by atoms with Crippen LogP contribution in [0.1, 0.15) is 57.1 Å². The summed E-state index contributed by atoms with van der Waals surface area (Å²) in [5, 5.41) is 14.9. The molecule has 2 aliphatic carbocycles. The predicted molar refractivity (Wildman–Crippen MR) is 128 cm³/mol. The Hall–Kier alpha value is -3.35. The zero-order valence-corrected chi connectivity index (χ0v) is 19.8. The molecule has 2 aromatic rings. The van der Waals surface area contributed by atoms with E-state index >= 15 is 0 Å². The van der Waals surface area contributed by atoms with Crippen LogP contribution >= 0.6 is 0 Å². The molecule has 0 aromatic heterocycles. The number of carboxylic acids is 1. The summed E-state index contributed by atoms with van der Waals surface area (Å²) in [7, 11) is 0. The molecule has 180 valence electrons. The van der Waals surface area contributed by atoms with Crippen LogP contribution in [-0.2, 0) is 14.3 Å². The zero-order chi connectivity index (χ0) is 24.5. The first-order valence-electron chi connectivity index (χ1n) is 11.9. The van der Waals surface area contributed by atoms with Crippen molar-refractivity contribution in [2.45, 2.75) is 57.5 Å². The lowest BCUT2D eigenvalue weighted by Gasteiger charge is -2.31. The molecule has 0 aliphatic heterocycles. The molecular formula is C27H32N2O5. The maximum Gasteiger partial charge on any atom is 0.408 e. The van der Waals surface area contributed by atoms with Gasteiger partial charge in [0, 0.05) is 5.92 Å². The Kier molecular flexibility index (Phi) is 6.64. The smallest absolute Gasteiger partial charge is 0.408 e. The summed E-state index contributed by atoms with van der Waals surface area (Å²) in [6.45, 7) is 5.59. The monoisotopic (exact) mass is 464 g/mol. The van der Waals surface area contributed by atoms with Crippen LogP contribution in [0.5, 0.6) is 0 Å². The fourth-order valence-corrected chi connectivity index (χ4v) is 4.85. The van der Waals surface area contributed by atoms with Gasteiger partial charge in [-0.25, -0.2) is 9.59 Å². The average Bonchev–Trinajstić information content (AvgIpc) is 3.61. The van der Waals surface area contributed by atoms with Crippen molar-refractivity contribution in [3.63, 3.8) is 0 Å². The van der Waals surface area contributed by atoms with E-state index in [0.717, 1.165) is 35.1 Å². The van der Waals surface area contributed by atoms with Gasteiger partial charge < -0.3 is 20.5 Å². The van der Waals surface area contributed by atoms with Gasteiger partial charge >= 0.3 is 12.1 Å². The highest BCUT2D eigenvalue weighted by Gasteiger charge is 2.49. The van der Waals surface area contributed by atoms with Crippen LogP contribution in [0.25, 0.3) is 11.1 Å². The Morgan fingerprint density at radius 1 is 1.03 bits per heavy atom. The summed E-state index contributed by atoms with van der Waals surface area (Å²) in [5.41, 5.74) is 3.26. The van der Waals surface area contributed by atoms with Gasteiger partial charge in [-0.1, -0.05) is 62.4 Å². The summed E-state index contributed by atoms with van der Waals surface area (Å²) in [4.78, 5) is 37.6. The van der Waals surface area contributed by atoms with Crippen molar-refractivity contribution in [2.75, 3.05) is 6.61 Å². The second kappa shape index (κ2) is 9.49. The van der Waals surface area contributed by atoms with Gasteiger partial charge in [0.05, 0.1) is 0 Å². The lowest BCUT2D eigenvalue weighted by atomic mass is 9.93. The Bertz CT molecular complexity index is 1050. The molecule has 3 N–H and O–H groups in total. The third kappa shape index (κ3) is 4.79. The van der Waals surface area contributed by atoms with Crippen LogP contribution in [0, 0.1) is 11.8 Å². The highest BCUT2D eigenvalue weighted by Crippen LogP contribution is 2.44. The molecule has 2 atom stereocenters. The van der Waals surface area contributed by atoms with Crippen molar-refractivity contribution in [2.24, 2.45) is 11.8 Å². The molecule has 0 spiro atoms. The first-order chi connectivity index (χ1) is 16.2. The fourth-order valence-electron chi connectivity index (χ4n) is 4.85. The highest BCUT2D eigenvalue weighted by atomic mass is 16.5. The second-order valence-electron chi connectivity index (χ2n) is 9.92. The summed E-state index contributed by atoms with van der Waals surface area (Å²) in [5.74, 6) is -1.61. The molecule has 2 aliphatic rings. The number of carbonyl (C=O) groups is 3. The maximum absolute atomic E-state index is 13.1. The normalized spacial score (nSPS) is 17.3. The SMILES string of the molecule is CC(C)C[C@H](NC(=O)C(C)(NC(=O)OCC1c2ccccc2-c2ccccc21)C1CC1)C(=O)O. The average molecular weight is 465 g/mol. The molecule has 34 heavy (non-hydrogen) atoms. The first-order valence-corrected chi connectivity index (χ1v) is 11.9. The van der Waals surface area contributed by atoms with Gasteiger partial charge in [-0.3, -0.25) is 4.79 Å². The summed E-state index contributed by atoms with van der Waals surface area (Å²) < 4.78 is 5.63. The third-order valence-electron chi connectivity index (χ3n) is 6.88. The van der Waals surface area contributed by atoms with E-state index in [1.54, 1.807) is 6.92 Å². The number of hydrogen-bond acceptors (Lipinski definition) is 4. The number of benzene rings is 2. The van der Waals surface area contributed by atoms with Crippen LogP contribution in [-0.4, -0.2) is 41.3 Å². The molecule has 0 radical (unpaired) electrons. The predicted octanol–water partition coefficient (Wildman–Crippen LogP) is 4.31. The van der Waals surface area contributed by atoms with E-state index in [-0.39, 0.29) is 24.4 Å². The number of rotatable bonds is 9.